The predicted molar refractivity (Wildman–Crippen MR) is 69.5 cm³/mol. The average Bonchev–Trinajstić information content (AvgIpc) is 3.01. The van der Waals surface area contributed by atoms with E-state index < -0.39 is 0 Å². The van der Waals surface area contributed by atoms with Gasteiger partial charge in [-0.2, -0.15) is 5.10 Å². The lowest BCUT2D eigenvalue weighted by atomic mass is 10.1. The van der Waals surface area contributed by atoms with Gasteiger partial charge in [0.2, 0.25) is 0 Å². The average molecular weight is 247 g/mol. The van der Waals surface area contributed by atoms with Crippen molar-refractivity contribution in [1.29, 1.82) is 0 Å². The van der Waals surface area contributed by atoms with Crippen molar-refractivity contribution in [2.75, 3.05) is 6.54 Å². The Morgan fingerprint density at radius 2 is 2.22 bits per heavy atom. The molecule has 1 aromatic rings. The smallest absolute Gasteiger partial charge is 0.274 e. The summed E-state index contributed by atoms with van der Waals surface area (Å²) in [5.74, 6) is 1.27. The molecule has 4 heteroatoms. The number of carbonyl (C=O) groups is 1. The molecule has 2 atom stereocenters. The van der Waals surface area contributed by atoms with Gasteiger partial charge in [0, 0.05) is 25.3 Å². The van der Waals surface area contributed by atoms with Crippen LogP contribution in [0.15, 0.2) is 6.07 Å². The van der Waals surface area contributed by atoms with Gasteiger partial charge >= 0.3 is 0 Å². The number of likely N-dealkylation sites (tertiary alicyclic amines) is 1. The minimum absolute atomic E-state index is 0.129. The Bertz CT molecular complexity index is 477. The lowest BCUT2D eigenvalue weighted by Gasteiger charge is -2.26. The van der Waals surface area contributed by atoms with Crippen molar-refractivity contribution in [2.24, 2.45) is 13.0 Å². The van der Waals surface area contributed by atoms with Gasteiger partial charge in [-0.3, -0.25) is 9.48 Å². The summed E-state index contributed by atoms with van der Waals surface area (Å²) in [5, 5.41) is 4.39. The topological polar surface area (TPSA) is 38.1 Å². The van der Waals surface area contributed by atoms with Gasteiger partial charge in [0.1, 0.15) is 0 Å². The van der Waals surface area contributed by atoms with Crippen LogP contribution in [0, 0.1) is 5.92 Å². The third-order valence-electron chi connectivity index (χ3n) is 4.40. The molecule has 1 amide bonds. The van der Waals surface area contributed by atoms with Crippen molar-refractivity contribution < 1.29 is 4.79 Å². The second-order valence-corrected chi connectivity index (χ2v) is 6.02. The number of nitrogens with zero attached hydrogens (tertiary/aromatic N) is 3. The molecule has 1 aliphatic carbocycles. The van der Waals surface area contributed by atoms with E-state index in [0.717, 1.165) is 18.2 Å². The molecule has 2 aliphatic rings. The molecule has 1 saturated heterocycles. The molecule has 2 bridgehead atoms. The Labute approximate surface area is 108 Å². The van der Waals surface area contributed by atoms with Gasteiger partial charge in [-0.15, -0.1) is 0 Å². The fourth-order valence-corrected chi connectivity index (χ4v) is 3.45. The number of aromatic nitrogens is 2. The molecule has 1 aliphatic heterocycles. The molecule has 3 rings (SSSR count). The molecule has 98 valence electrons. The zero-order chi connectivity index (χ0) is 12.9. The monoisotopic (exact) mass is 247 g/mol. The lowest BCUT2D eigenvalue weighted by molar-refractivity contribution is 0.0697. The fraction of sp³-hybridized carbons (Fsp3) is 0.714. The Hall–Kier alpha value is -1.32. The molecule has 0 spiro atoms. The zero-order valence-corrected chi connectivity index (χ0v) is 11.4. The first-order valence-electron chi connectivity index (χ1n) is 6.91. The van der Waals surface area contributed by atoms with Crippen LogP contribution in [-0.2, 0) is 7.05 Å². The highest BCUT2D eigenvalue weighted by Gasteiger charge is 2.41. The summed E-state index contributed by atoms with van der Waals surface area (Å²) >= 11 is 0. The number of hydrogen-bond donors (Lipinski definition) is 0. The van der Waals surface area contributed by atoms with Crippen LogP contribution in [0.25, 0.3) is 0 Å². The zero-order valence-electron chi connectivity index (χ0n) is 11.4. The summed E-state index contributed by atoms with van der Waals surface area (Å²) in [7, 11) is 1.92. The van der Waals surface area contributed by atoms with Crippen LogP contribution >= 0.6 is 0 Å². The first-order chi connectivity index (χ1) is 8.56. The molecule has 4 nitrogen and oxygen atoms in total. The number of fused-ring (bicyclic) bond motifs is 2. The molecule has 0 radical (unpaired) electrons. The van der Waals surface area contributed by atoms with Crippen LogP contribution in [-0.4, -0.2) is 33.2 Å². The van der Waals surface area contributed by atoms with Gasteiger partial charge in [-0.1, -0.05) is 13.8 Å². The first-order valence-corrected chi connectivity index (χ1v) is 6.91. The normalized spacial score (nSPS) is 26.3. The fourth-order valence-electron chi connectivity index (χ4n) is 3.45. The minimum Gasteiger partial charge on any atom is -0.334 e. The molecule has 1 saturated carbocycles. The van der Waals surface area contributed by atoms with Crippen molar-refractivity contribution in [1.82, 2.24) is 14.7 Å². The van der Waals surface area contributed by atoms with E-state index in [0.29, 0.717) is 17.7 Å². The maximum absolute atomic E-state index is 12.5. The van der Waals surface area contributed by atoms with Crippen LogP contribution in [0.1, 0.15) is 55.2 Å². The molecule has 18 heavy (non-hydrogen) atoms. The third-order valence-corrected chi connectivity index (χ3v) is 4.40. The lowest BCUT2D eigenvalue weighted by Crippen LogP contribution is -2.37. The largest absolute Gasteiger partial charge is 0.334 e. The third kappa shape index (κ3) is 1.74. The molecule has 2 unspecified atom stereocenters. The number of amides is 1. The Balaban J connectivity index is 1.82. The number of piperidine rings is 1. The van der Waals surface area contributed by atoms with E-state index >= 15 is 0 Å². The van der Waals surface area contributed by atoms with E-state index in [-0.39, 0.29) is 5.91 Å². The highest BCUT2D eigenvalue weighted by atomic mass is 16.2. The molecular weight excluding hydrogens is 226 g/mol. The SMILES string of the molecule is CC(C)c1cc(C(=O)N2CC3CCC2C3)nn1C. The first kappa shape index (κ1) is 11.8. The van der Waals surface area contributed by atoms with Crippen molar-refractivity contribution in [2.45, 2.75) is 45.1 Å². The summed E-state index contributed by atoms with van der Waals surface area (Å²) in [5.41, 5.74) is 1.75. The van der Waals surface area contributed by atoms with Crippen molar-refractivity contribution in [3.05, 3.63) is 17.5 Å². The minimum atomic E-state index is 0.129. The molecule has 0 N–H and O–H groups in total. The van der Waals surface area contributed by atoms with Gasteiger partial charge in [-0.25, -0.2) is 0 Å². The van der Waals surface area contributed by atoms with Gasteiger partial charge in [0.25, 0.3) is 5.91 Å². The summed E-state index contributed by atoms with van der Waals surface area (Å²) in [4.78, 5) is 14.5. The van der Waals surface area contributed by atoms with E-state index in [9.17, 15) is 4.79 Å². The Morgan fingerprint density at radius 1 is 1.44 bits per heavy atom. The maximum atomic E-state index is 12.5. The van der Waals surface area contributed by atoms with Crippen LogP contribution in [0.2, 0.25) is 0 Å². The molecular formula is C14H21N3O. The van der Waals surface area contributed by atoms with Gasteiger partial charge in [0.15, 0.2) is 5.69 Å². The molecule has 1 aromatic heterocycles. The molecule has 2 fully saturated rings. The number of rotatable bonds is 2. The maximum Gasteiger partial charge on any atom is 0.274 e. The van der Waals surface area contributed by atoms with Crippen LogP contribution in [0.3, 0.4) is 0 Å². The Morgan fingerprint density at radius 3 is 2.72 bits per heavy atom. The number of hydrogen-bond acceptors (Lipinski definition) is 2. The summed E-state index contributed by atoms with van der Waals surface area (Å²) in [6.07, 6.45) is 3.68. The quantitative estimate of drug-likeness (QED) is 0.803. The van der Waals surface area contributed by atoms with E-state index in [1.807, 2.05) is 22.7 Å². The highest BCUT2D eigenvalue weighted by Crippen LogP contribution is 2.38. The molecule has 0 aromatic carbocycles. The van der Waals surface area contributed by atoms with Gasteiger partial charge in [0.05, 0.1) is 0 Å². The predicted octanol–water partition coefficient (Wildman–Crippen LogP) is 2.17. The van der Waals surface area contributed by atoms with Gasteiger partial charge in [-0.05, 0) is 37.2 Å². The Kier molecular flexibility index (Phi) is 2.68. The van der Waals surface area contributed by atoms with E-state index in [4.69, 9.17) is 0 Å². The number of carbonyl (C=O) groups excluding carboxylic acids is 1. The molecule has 2 heterocycles. The second kappa shape index (κ2) is 4.11. The second-order valence-electron chi connectivity index (χ2n) is 6.02. The van der Waals surface area contributed by atoms with E-state index in [1.54, 1.807) is 0 Å². The van der Waals surface area contributed by atoms with E-state index in [1.165, 1.54) is 19.3 Å². The van der Waals surface area contributed by atoms with Gasteiger partial charge < -0.3 is 4.90 Å². The standard InChI is InChI=1S/C14H21N3O/c1-9(2)13-7-12(15-16(13)3)14(18)17-8-10-4-5-11(17)6-10/h7,9-11H,4-6,8H2,1-3H3. The van der Waals surface area contributed by atoms with E-state index in [2.05, 4.69) is 18.9 Å². The highest BCUT2D eigenvalue weighted by molar-refractivity contribution is 5.93. The van der Waals surface area contributed by atoms with Crippen LogP contribution in [0.5, 0.6) is 0 Å². The number of aryl methyl sites for hydroxylation is 1. The van der Waals surface area contributed by atoms with Crippen molar-refractivity contribution in [3.63, 3.8) is 0 Å². The van der Waals surface area contributed by atoms with Crippen molar-refractivity contribution >= 4 is 5.91 Å². The summed E-state index contributed by atoms with van der Waals surface area (Å²) < 4.78 is 1.84. The summed E-state index contributed by atoms with van der Waals surface area (Å²) in [6, 6.07) is 2.44. The van der Waals surface area contributed by atoms with Crippen molar-refractivity contribution in [3.8, 4) is 0 Å². The van der Waals surface area contributed by atoms with Crippen LogP contribution < -0.4 is 0 Å². The summed E-state index contributed by atoms with van der Waals surface area (Å²) in [6.45, 7) is 5.20. The van der Waals surface area contributed by atoms with Crippen LogP contribution in [0.4, 0.5) is 0 Å².